The van der Waals surface area contributed by atoms with Gasteiger partial charge in [0.1, 0.15) is 11.9 Å². The molecule has 5 rings (SSSR count). The van der Waals surface area contributed by atoms with Crippen molar-refractivity contribution in [3.63, 3.8) is 0 Å². The maximum absolute atomic E-state index is 13.4. The highest BCUT2D eigenvalue weighted by Gasteiger charge is 2.69. The van der Waals surface area contributed by atoms with Crippen molar-refractivity contribution >= 4 is 17.5 Å². The van der Waals surface area contributed by atoms with E-state index in [1.807, 2.05) is 54.6 Å². The van der Waals surface area contributed by atoms with E-state index >= 15 is 0 Å². The molecule has 2 nitrogen and oxygen atoms in total. The lowest BCUT2D eigenvalue weighted by Gasteiger charge is -2.30. The van der Waals surface area contributed by atoms with Crippen LogP contribution in [0, 0.1) is 5.82 Å². The van der Waals surface area contributed by atoms with Crippen molar-refractivity contribution < 1.29 is 13.9 Å². The van der Waals surface area contributed by atoms with E-state index in [1.165, 1.54) is 12.1 Å². The molecule has 1 fully saturated rings. The molecule has 1 spiro atoms. The summed E-state index contributed by atoms with van der Waals surface area (Å²) in [5.74, 6) is -0.284. The number of fused-ring (bicyclic) bond motifs is 1. The highest BCUT2D eigenvalue weighted by atomic mass is 32.2. The van der Waals surface area contributed by atoms with Gasteiger partial charge in [0, 0.05) is 10.5 Å². The van der Waals surface area contributed by atoms with Crippen molar-refractivity contribution in [1.82, 2.24) is 0 Å². The van der Waals surface area contributed by atoms with Crippen LogP contribution in [0.2, 0.25) is 0 Å². The standard InChI is InChI=1S/C22H15FO2S/c23-16-12-10-14(11-13-16)20-22(25-20)19(24)17-8-4-5-9-18(17)26-21(22)15-6-2-1-3-7-15/h1-13,20-21H/t20-,21-,22-/m0/s1. The number of ether oxygens (including phenoxy) is 1. The molecule has 0 aromatic heterocycles. The largest absolute Gasteiger partial charge is 0.351 e. The van der Waals surface area contributed by atoms with Crippen LogP contribution in [0.15, 0.2) is 83.8 Å². The zero-order chi connectivity index (χ0) is 17.7. The van der Waals surface area contributed by atoms with Crippen LogP contribution in [0.1, 0.15) is 32.8 Å². The number of epoxide rings is 1. The topological polar surface area (TPSA) is 29.6 Å². The lowest BCUT2D eigenvalue weighted by Crippen LogP contribution is -2.35. The number of carbonyl (C=O) groups is 1. The first-order valence-electron chi connectivity index (χ1n) is 8.49. The Bertz CT molecular complexity index is 987. The van der Waals surface area contributed by atoms with E-state index in [0.717, 1.165) is 16.0 Å². The van der Waals surface area contributed by atoms with Crippen LogP contribution in [0.4, 0.5) is 4.39 Å². The van der Waals surface area contributed by atoms with Crippen molar-refractivity contribution in [1.29, 1.82) is 0 Å². The Kier molecular flexibility index (Phi) is 3.52. The van der Waals surface area contributed by atoms with Crippen LogP contribution in [0.5, 0.6) is 0 Å². The minimum Gasteiger partial charge on any atom is -0.351 e. The van der Waals surface area contributed by atoms with Gasteiger partial charge in [-0.25, -0.2) is 4.39 Å². The summed E-state index contributed by atoms with van der Waals surface area (Å²) in [5.41, 5.74) is 1.66. The van der Waals surface area contributed by atoms with Gasteiger partial charge in [0.25, 0.3) is 0 Å². The molecule has 26 heavy (non-hydrogen) atoms. The molecule has 0 unspecified atom stereocenters. The number of benzene rings is 3. The molecule has 1 saturated heterocycles. The predicted octanol–water partition coefficient (Wildman–Crippen LogP) is 5.37. The molecule has 3 atom stereocenters. The first kappa shape index (κ1) is 15.8. The number of ketones is 1. The third-order valence-electron chi connectivity index (χ3n) is 5.04. The van der Waals surface area contributed by atoms with Gasteiger partial charge in [0.2, 0.25) is 0 Å². The maximum atomic E-state index is 13.4. The van der Waals surface area contributed by atoms with E-state index in [0.29, 0.717) is 5.56 Å². The first-order valence-corrected chi connectivity index (χ1v) is 9.37. The SMILES string of the molecule is O=C1c2ccccc2S[C@@H](c2ccccc2)[C@]12O[C@H]2c1ccc(F)cc1. The smallest absolute Gasteiger partial charge is 0.200 e. The van der Waals surface area contributed by atoms with E-state index in [2.05, 4.69) is 0 Å². The van der Waals surface area contributed by atoms with Gasteiger partial charge in [-0.05, 0) is 29.3 Å². The molecule has 4 heteroatoms. The Morgan fingerprint density at radius 3 is 2.31 bits per heavy atom. The van der Waals surface area contributed by atoms with Crippen LogP contribution in [-0.4, -0.2) is 11.4 Å². The molecule has 3 aromatic rings. The molecule has 128 valence electrons. The van der Waals surface area contributed by atoms with Crippen molar-refractivity contribution in [2.24, 2.45) is 0 Å². The molecular weight excluding hydrogens is 347 g/mol. The Morgan fingerprint density at radius 1 is 0.846 bits per heavy atom. The average molecular weight is 362 g/mol. The van der Waals surface area contributed by atoms with Crippen LogP contribution in [0.25, 0.3) is 0 Å². The fourth-order valence-electron chi connectivity index (χ4n) is 3.73. The van der Waals surface area contributed by atoms with Gasteiger partial charge in [-0.1, -0.05) is 60.7 Å². The van der Waals surface area contributed by atoms with Crippen molar-refractivity contribution in [3.8, 4) is 0 Å². The zero-order valence-electron chi connectivity index (χ0n) is 13.8. The summed E-state index contributed by atoms with van der Waals surface area (Å²) in [7, 11) is 0. The van der Waals surface area contributed by atoms with Crippen LogP contribution in [-0.2, 0) is 4.74 Å². The molecule has 0 aliphatic carbocycles. The average Bonchev–Trinajstić information content (AvgIpc) is 3.42. The predicted molar refractivity (Wildman–Crippen MR) is 98.8 cm³/mol. The van der Waals surface area contributed by atoms with Gasteiger partial charge in [-0.3, -0.25) is 4.79 Å². The highest BCUT2D eigenvalue weighted by molar-refractivity contribution is 7.99. The molecule has 0 amide bonds. The second-order valence-electron chi connectivity index (χ2n) is 6.58. The highest BCUT2D eigenvalue weighted by Crippen LogP contribution is 2.66. The second kappa shape index (κ2) is 5.79. The molecule has 3 aromatic carbocycles. The van der Waals surface area contributed by atoms with Crippen molar-refractivity contribution in [2.75, 3.05) is 0 Å². The lowest BCUT2D eigenvalue weighted by molar-refractivity contribution is 0.0861. The normalized spacial score (nSPS) is 26.6. The van der Waals surface area contributed by atoms with E-state index in [4.69, 9.17) is 4.74 Å². The van der Waals surface area contributed by atoms with Crippen LogP contribution in [0.3, 0.4) is 0 Å². The minimum atomic E-state index is -0.932. The van der Waals surface area contributed by atoms with E-state index in [1.54, 1.807) is 23.9 Å². The molecule has 2 aliphatic rings. The van der Waals surface area contributed by atoms with E-state index in [-0.39, 0.29) is 23.0 Å². The molecule has 0 bridgehead atoms. The molecular formula is C22H15FO2S. The third kappa shape index (κ3) is 2.26. The van der Waals surface area contributed by atoms with Crippen molar-refractivity contribution in [2.45, 2.75) is 21.9 Å². The summed E-state index contributed by atoms with van der Waals surface area (Å²) in [6.45, 7) is 0. The first-order chi connectivity index (χ1) is 12.7. The monoisotopic (exact) mass is 362 g/mol. The number of halogens is 1. The summed E-state index contributed by atoms with van der Waals surface area (Å²) >= 11 is 1.66. The Labute approximate surface area is 155 Å². The van der Waals surface area contributed by atoms with Gasteiger partial charge in [0.05, 0.1) is 5.25 Å². The zero-order valence-corrected chi connectivity index (χ0v) is 14.6. The van der Waals surface area contributed by atoms with Crippen molar-refractivity contribution in [3.05, 3.63) is 101 Å². The fraction of sp³-hybridized carbons (Fsp3) is 0.136. The second-order valence-corrected chi connectivity index (χ2v) is 7.72. The van der Waals surface area contributed by atoms with Gasteiger partial charge >= 0.3 is 0 Å². The summed E-state index contributed by atoms with van der Waals surface area (Å²) in [6, 6.07) is 23.9. The number of hydrogen-bond donors (Lipinski definition) is 0. The van der Waals surface area contributed by atoms with Gasteiger partial charge < -0.3 is 4.74 Å². The molecule has 0 N–H and O–H groups in total. The molecule has 2 heterocycles. The number of hydrogen-bond acceptors (Lipinski definition) is 3. The summed E-state index contributed by atoms with van der Waals surface area (Å²) in [5, 5.41) is -0.138. The maximum Gasteiger partial charge on any atom is 0.200 e. The van der Waals surface area contributed by atoms with Gasteiger partial charge in [-0.15, -0.1) is 11.8 Å². The van der Waals surface area contributed by atoms with E-state index in [9.17, 15) is 9.18 Å². The number of thioether (sulfide) groups is 1. The van der Waals surface area contributed by atoms with Crippen LogP contribution < -0.4 is 0 Å². The van der Waals surface area contributed by atoms with Gasteiger partial charge in [0.15, 0.2) is 11.4 Å². The van der Waals surface area contributed by atoms with Gasteiger partial charge in [-0.2, -0.15) is 0 Å². The number of Topliss-reactive ketones (excluding diaryl/α,β-unsaturated/α-hetero) is 1. The Morgan fingerprint density at radius 2 is 1.54 bits per heavy atom. The summed E-state index contributed by atoms with van der Waals surface area (Å²) in [6.07, 6.45) is -0.360. The third-order valence-corrected chi connectivity index (χ3v) is 6.51. The Balaban J connectivity index is 1.64. The fourth-order valence-corrected chi connectivity index (χ4v) is 5.18. The quantitative estimate of drug-likeness (QED) is 0.574. The summed E-state index contributed by atoms with van der Waals surface area (Å²) < 4.78 is 19.4. The minimum absolute atomic E-state index is 0.00929. The summed E-state index contributed by atoms with van der Waals surface area (Å²) in [4.78, 5) is 14.4. The number of rotatable bonds is 2. The molecule has 2 aliphatic heterocycles. The number of carbonyl (C=O) groups excluding carboxylic acids is 1. The lowest BCUT2D eigenvalue weighted by atomic mass is 9.85. The van der Waals surface area contributed by atoms with E-state index < -0.39 is 5.60 Å². The van der Waals surface area contributed by atoms with Crippen LogP contribution >= 0.6 is 11.8 Å². The molecule has 0 radical (unpaired) electrons. The molecule has 0 saturated carbocycles. The Hall–Kier alpha value is -2.43.